The number of rotatable bonds is 7. The highest BCUT2D eigenvalue weighted by Gasteiger charge is 2.15. The van der Waals surface area contributed by atoms with Crippen molar-refractivity contribution in [2.75, 3.05) is 11.9 Å². The monoisotopic (exact) mass is 438 g/mol. The van der Waals surface area contributed by atoms with Crippen LogP contribution in [0.1, 0.15) is 24.3 Å². The second kappa shape index (κ2) is 8.37. The molecule has 1 aliphatic rings. The predicted molar refractivity (Wildman–Crippen MR) is 116 cm³/mol. The van der Waals surface area contributed by atoms with Gasteiger partial charge in [0.2, 0.25) is 17.6 Å². The average molecular weight is 439 g/mol. The number of nitrogens with zero attached hydrogens (tertiary/aromatic N) is 3. The van der Waals surface area contributed by atoms with Crippen molar-refractivity contribution in [3.8, 4) is 27.7 Å². The molecule has 9 heteroatoms. The number of aromatic nitrogens is 3. The van der Waals surface area contributed by atoms with E-state index in [2.05, 4.69) is 26.5 Å². The first kappa shape index (κ1) is 19.0. The molecule has 0 saturated carbocycles. The minimum absolute atomic E-state index is 0.0729. The zero-order chi connectivity index (χ0) is 20.3. The first-order chi connectivity index (χ1) is 14.7. The third-order valence-corrected chi connectivity index (χ3v) is 6.36. The molecule has 4 heterocycles. The quantitative estimate of drug-likeness (QED) is 0.445. The predicted octanol–water partition coefficient (Wildman–Crippen LogP) is 4.82. The fourth-order valence-electron chi connectivity index (χ4n) is 3.25. The van der Waals surface area contributed by atoms with Crippen LogP contribution in [0.4, 0.5) is 5.13 Å². The van der Waals surface area contributed by atoms with Crippen molar-refractivity contribution < 1.29 is 14.1 Å². The lowest BCUT2D eigenvalue weighted by Crippen LogP contribution is -2.11. The number of hydrogen-bond donors (Lipinski definition) is 1. The minimum Gasteiger partial charge on any atom is -0.493 e. The lowest BCUT2D eigenvalue weighted by molar-refractivity contribution is -0.116. The van der Waals surface area contributed by atoms with Gasteiger partial charge in [-0.05, 0) is 41.6 Å². The Morgan fingerprint density at radius 2 is 2.17 bits per heavy atom. The van der Waals surface area contributed by atoms with Gasteiger partial charge in [0.05, 0.1) is 17.2 Å². The van der Waals surface area contributed by atoms with Gasteiger partial charge in [-0.1, -0.05) is 11.2 Å². The molecule has 0 fully saturated rings. The van der Waals surface area contributed by atoms with E-state index in [0.717, 1.165) is 34.9 Å². The molecule has 4 aromatic rings. The maximum absolute atomic E-state index is 12.3. The Balaban J connectivity index is 1.13. The van der Waals surface area contributed by atoms with E-state index < -0.39 is 0 Å². The third-order valence-electron chi connectivity index (χ3n) is 4.74. The van der Waals surface area contributed by atoms with Crippen LogP contribution in [-0.4, -0.2) is 27.6 Å². The van der Waals surface area contributed by atoms with Gasteiger partial charge >= 0.3 is 0 Å². The van der Waals surface area contributed by atoms with Gasteiger partial charge in [-0.3, -0.25) is 4.79 Å². The van der Waals surface area contributed by atoms with Crippen molar-refractivity contribution in [3.05, 3.63) is 52.5 Å². The summed E-state index contributed by atoms with van der Waals surface area (Å²) in [6.07, 6.45) is 2.47. The summed E-state index contributed by atoms with van der Waals surface area (Å²) in [5.74, 6) is 2.02. The minimum atomic E-state index is -0.0729. The van der Waals surface area contributed by atoms with Crippen LogP contribution in [0.2, 0.25) is 0 Å². The van der Waals surface area contributed by atoms with E-state index in [1.807, 2.05) is 35.0 Å². The van der Waals surface area contributed by atoms with E-state index in [4.69, 9.17) is 9.26 Å². The van der Waals surface area contributed by atoms with Crippen molar-refractivity contribution in [1.29, 1.82) is 0 Å². The highest BCUT2D eigenvalue weighted by Crippen LogP contribution is 2.32. The van der Waals surface area contributed by atoms with Crippen molar-refractivity contribution in [3.63, 3.8) is 0 Å². The fraction of sp³-hybridized carbons (Fsp3) is 0.238. The number of thiophene rings is 1. The first-order valence-corrected chi connectivity index (χ1v) is 11.4. The number of amides is 1. The summed E-state index contributed by atoms with van der Waals surface area (Å²) < 4.78 is 10.8. The van der Waals surface area contributed by atoms with Crippen LogP contribution in [0.5, 0.6) is 5.75 Å². The topological polar surface area (TPSA) is 90.1 Å². The molecule has 0 bridgehead atoms. The molecule has 7 nitrogen and oxygen atoms in total. The van der Waals surface area contributed by atoms with Crippen LogP contribution >= 0.6 is 22.7 Å². The van der Waals surface area contributed by atoms with Crippen molar-refractivity contribution in [1.82, 2.24) is 15.1 Å². The van der Waals surface area contributed by atoms with Gasteiger partial charge in [-0.2, -0.15) is 4.98 Å². The van der Waals surface area contributed by atoms with E-state index in [1.54, 1.807) is 11.3 Å². The fourth-order valence-corrected chi connectivity index (χ4v) is 4.64. The molecule has 1 aromatic carbocycles. The molecule has 30 heavy (non-hydrogen) atoms. The molecule has 1 N–H and O–H groups in total. The molecular formula is C21H18N4O3S2. The number of carbonyl (C=O) groups excluding carboxylic acids is 1. The van der Waals surface area contributed by atoms with Gasteiger partial charge in [0.1, 0.15) is 5.75 Å². The molecule has 0 atom stereocenters. The van der Waals surface area contributed by atoms with E-state index >= 15 is 0 Å². The number of carbonyl (C=O) groups is 1. The van der Waals surface area contributed by atoms with Crippen molar-refractivity contribution in [2.24, 2.45) is 0 Å². The molecule has 1 amide bonds. The first-order valence-electron chi connectivity index (χ1n) is 9.62. The molecule has 1 aliphatic heterocycles. The summed E-state index contributed by atoms with van der Waals surface area (Å²) in [5.41, 5.74) is 3.10. The van der Waals surface area contributed by atoms with E-state index in [9.17, 15) is 4.79 Å². The molecule has 0 radical (unpaired) electrons. The Morgan fingerprint density at radius 3 is 3.07 bits per heavy atom. The standard InChI is InChI=1S/C21H18N4O3S2/c26-18(4-1-5-19-24-20(25-28-19)17-3-2-10-29-17)23-21-22-15(12-30-21)13-6-7-16-14(11-13)8-9-27-16/h2-3,6-7,10-12H,1,4-5,8-9H2,(H,22,23,26). The van der Waals surface area contributed by atoms with Gasteiger partial charge in [-0.25, -0.2) is 4.98 Å². The van der Waals surface area contributed by atoms with Crippen LogP contribution in [0.15, 0.2) is 45.6 Å². The van der Waals surface area contributed by atoms with Gasteiger partial charge in [0.25, 0.3) is 0 Å². The number of benzene rings is 1. The van der Waals surface area contributed by atoms with Gasteiger partial charge < -0.3 is 14.6 Å². The van der Waals surface area contributed by atoms with Gasteiger partial charge in [0.15, 0.2) is 5.13 Å². The Morgan fingerprint density at radius 1 is 1.20 bits per heavy atom. The zero-order valence-corrected chi connectivity index (χ0v) is 17.6. The van der Waals surface area contributed by atoms with E-state index in [0.29, 0.717) is 36.1 Å². The summed E-state index contributed by atoms with van der Waals surface area (Å²) in [4.78, 5) is 22.2. The van der Waals surface area contributed by atoms with Gasteiger partial charge in [0, 0.05) is 30.2 Å². The third kappa shape index (κ3) is 4.12. The maximum Gasteiger partial charge on any atom is 0.226 e. The second-order valence-corrected chi connectivity index (χ2v) is 8.66. The maximum atomic E-state index is 12.3. The Kier molecular flexibility index (Phi) is 5.29. The molecule has 0 aliphatic carbocycles. The molecular weight excluding hydrogens is 420 g/mol. The van der Waals surface area contributed by atoms with Crippen LogP contribution in [-0.2, 0) is 17.6 Å². The summed E-state index contributed by atoms with van der Waals surface area (Å²) >= 11 is 2.99. The van der Waals surface area contributed by atoms with Crippen LogP contribution in [0.25, 0.3) is 22.0 Å². The molecule has 0 unspecified atom stereocenters. The van der Waals surface area contributed by atoms with Gasteiger partial charge in [-0.15, -0.1) is 22.7 Å². The molecule has 3 aromatic heterocycles. The van der Waals surface area contributed by atoms with Crippen LogP contribution < -0.4 is 10.1 Å². The highest BCUT2D eigenvalue weighted by atomic mass is 32.1. The number of hydrogen-bond acceptors (Lipinski definition) is 8. The van der Waals surface area contributed by atoms with E-state index in [-0.39, 0.29) is 5.91 Å². The highest BCUT2D eigenvalue weighted by molar-refractivity contribution is 7.14. The Hall–Kier alpha value is -3.04. The number of thiazole rings is 1. The van der Waals surface area contributed by atoms with Crippen LogP contribution in [0, 0.1) is 0 Å². The van der Waals surface area contributed by atoms with Crippen LogP contribution in [0.3, 0.4) is 0 Å². The zero-order valence-electron chi connectivity index (χ0n) is 16.0. The number of anilines is 1. The summed E-state index contributed by atoms with van der Waals surface area (Å²) in [5, 5.41) is 11.4. The summed E-state index contributed by atoms with van der Waals surface area (Å²) in [6, 6.07) is 9.99. The molecule has 152 valence electrons. The Bertz CT molecular complexity index is 1170. The number of aryl methyl sites for hydroxylation is 1. The SMILES string of the molecule is O=C(CCCc1nc(-c2cccs2)no1)Nc1nc(-c2ccc3c(c2)CCO3)cs1. The molecule has 5 rings (SSSR count). The van der Waals surface area contributed by atoms with E-state index in [1.165, 1.54) is 16.9 Å². The number of ether oxygens (including phenoxy) is 1. The van der Waals surface area contributed by atoms with Crippen molar-refractivity contribution >= 4 is 33.7 Å². The molecule has 0 saturated heterocycles. The number of nitrogens with one attached hydrogen (secondary N) is 1. The second-order valence-electron chi connectivity index (χ2n) is 6.85. The molecule has 0 spiro atoms. The summed E-state index contributed by atoms with van der Waals surface area (Å²) in [6.45, 7) is 0.732. The Labute approximate surface area is 180 Å². The summed E-state index contributed by atoms with van der Waals surface area (Å²) in [7, 11) is 0. The largest absolute Gasteiger partial charge is 0.493 e. The smallest absolute Gasteiger partial charge is 0.226 e. The average Bonchev–Trinajstić information content (AvgIpc) is 3.53. The number of fused-ring (bicyclic) bond motifs is 1. The van der Waals surface area contributed by atoms with Crippen molar-refractivity contribution in [2.45, 2.75) is 25.7 Å². The lowest BCUT2D eigenvalue weighted by Gasteiger charge is -2.02. The normalized spacial score (nSPS) is 12.5. The lowest BCUT2D eigenvalue weighted by atomic mass is 10.1.